The molecule has 2 aliphatic heterocycles. The van der Waals surface area contributed by atoms with Crippen LogP contribution in [-0.2, 0) is 10.2 Å². The number of aryl methyl sites for hydroxylation is 1. The van der Waals surface area contributed by atoms with E-state index in [2.05, 4.69) is 5.32 Å². The number of Topliss-reactive ketones (excluding diaryl/α,β-unsaturated/α-hetero) is 1. The predicted octanol–water partition coefficient (Wildman–Crippen LogP) is 0.393. The molecule has 6 rings (SSSR count). The van der Waals surface area contributed by atoms with E-state index in [1.54, 1.807) is 6.07 Å². The lowest BCUT2D eigenvalue weighted by Crippen LogP contribution is -2.74. The average Bonchev–Trinajstić information content (AvgIpc) is 2.80. The van der Waals surface area contributed by atoms with Gasteiger partial charge in [-0.15, -0.1) is 0 Å². The van der Waals surface area contributed by atoms with Gasteiger partial charge >= 0.3 is 0 Å². The fourth-order valence-electron chi connectivity index (χ4n) is 6.31. The first-order chi connectivity index (χ1) is 10.5. The van der Waals surface area contributed by atoms with Gasteiger partial charge in [-0.25, -0.2) is 0 Å². The molecule has 3 aliphatic carbocycles. The van der Waals surface area contributed by atoms with Gasteiger partial charge in [-0.3, -0.25) is 4.79 Å². The molecule has 4 fully saturated rings. The Bertz CT molecular complexity index is 776. The molecule has 7 atom stereocenters. The van der Waals surface area contributed by atoms with Crippen LogP contribution < -0.4 is 10.1 Å². The lowest BCUT2D eigenvalue weighted by atomic mass is 9.54. The highest BCUT2D eigenvalue weighted by molar-refractivity contribution is 5.90. The second-order valence-corrected chi connectivity index (χ2v) is 7.64. The van der Waals surface area contributed by atoms with E-state index >= 15 is 0 Å². The van der Waals surface area contributed by atoms with Crippen molar-refractivity contribution in [1.82, 2.24) is 5.32 Å². The van der Waals surface area contributed by atoms with Crippen molar-refractivity contribution in [1.29, 1.82) is 0 Å². The molecule has 0 aromatic heterocycles. The third kappa shape index (κ3) is 0.863. The minimum absolute atomic E-state index is 0.0617. The maximum Gasteiger partial charge on any atom is 0.174 e. The van der Waals surface area contributed by atoms with E-state index in [1.165, 1.54) is 0 Å². The van der Waals surface area contributed by atoms with Crippen molar-refractivity contribution in [3.8, 4) is 11.5 Å². The Morgan fingerprint density at radius 3 is 3.05 bits per heavy atom. The van der Waals surface area contributed by atoms with Gasteiger partial charge in [0.25, 0.3) is 0 Å². The summed E-state index contributed by atoms with van der Waals surface area (Å²) in [5.74, 6) is 1.26. The molecular weight excluding hydrogens is 282 g/mol. The van der Waals surface area contributed by atoms with Crippen LogP contribution in [0.25, 0.3) is 0 Å². The fraction of sp³-hybridized carbons (Fsp3) is 0.588. The van der Waals surface area contributed by atoms with E-state index in [0.717, 1.165) is 11.1 Å². The maximum absolute atomic E-state index is 12.6. The average molecular weight is 299 g/mol. The molecule has 22 heavy (non-hydrogen) atoms. The molecule has 3 saturated carbocycles. The lowest BCUT2D eigenvalue weighted by Gasteiger charge is -2.55. The van der Waals surface area contributed by atoms with Gasteiger partial charge in [-0.1, -0.05) is 6.07 Å². The molecule has 5 aliphatic rings. The third-order valence-electron chi connectivity index (χ3n) is 7.04. The lowest BCUT2D eigenvalue weighted by molar-refractivity contribution is -0.159. The smallest absolute Gasteiger partial charge is 0.174 e. The first-order valence-corrected chi connectivity index (χ1v) is 8.02. The molecule has 0 bridgehead atoms. The molecule has 3 unspecified atom stereocenters. The molecule has 0 amide bonds. The summed E-state index contributed by atoms with van der Waals surface area (Å²) in [7, 11) is 0. The molecular formula is C17H17NO4. The Balaban J connectivity index is 1.72. The number of hydrogen-bond donors (Lipinski definition) is 3. The Morgan fingerprint density at radius 1 is 1.41 bits per heavy atom. The predicted molar refractivity (Wildman–Crippen MR) is 75.8 cm³/mol. The van der Waals surface area contributed by atoms with Crippen LogP contribution in [0.2, 0.25) is 0 Å². The number of carbonyl (C=O) groups excluding carboxylic acids is 1. The van der Waals surface area contributed by atoms with Crippen molar-refractivity contribution in [2.45, 2.75) is 49.0 Å². The second kappa shape index (κ2) is 3.05. The van der Waals surface area contributed by atoms with E-state index in [9.17, 15) is 15.0 Å². The highest BCUT2D eigenvalue weighted by Gasteiger charge is 2.90. The van der Waals surface area contributed by atoms with Crippen LogP contribution >= 0.6 is 0 Å². The number of carbonyl (C=O) groups is 1. The van der Waals surface area contributed by atoms with Gasteiger partial charge < -0.3 is 20.3 Å². The number of benzene rings is 1. The topological polar surface area (TPSA) is 78.8 Å². The van der Waals surface area contributed by atoms with E-state index in [4.69, 9.17) is 4.74 Å². The zero-order valence-electron chi connectivity index (χ0n) is 12.2. The van der Waals surface area contributed by atoms with Crippen molar-refractivity contribution >= 4 is 5.78 Å². The number of rotatable bonds is 0. The number of aromatic hydroxyl groups is 1. The minimum Gasteiger partial charge on any atom is -0.504 e. The number of phenolic OH excluding ortho intramolecular Hbond substituents is 1. The first-order valence-electron chi connectivity index (χ1n) is 8.02. The van der Waals surface area contributed by atoms with Crippen LogP contribution in [0.15, 0.2) is 12.1 Å². The van der Waals surface area contributed by atoms with Crippen molar-refractivity contribution in [3.63, 3.8) is 0 Å². The Morgan fingerprint density at radius 2 is 2.23 bits per heavy atom. The third-order valence-corrected chi connectivity index (χ3v) is 7.04. The van der Waals surface area contributed by atoms with Crippen molar-refractivity contribution in [3.05, 3.63) is 23.3 Å². The van der Waals surface area contributed by atoms with Crippen LogP contribution in [0.5, 0.6) is 11.5 Å². The van der Waals surface area contributed by atoms with Crippen molar-refractivity contribution < 1.29 is 19.7 Å². The van der Waals surface area contributed by atoms with E-state index in [-0.39, 0.29) is 23.5 Å². The Kier molecular flexibility index (Phi) is 1.65. The number of aliphatic hydroxyl groups is 1. The minimum atomic E-state index is -0.945. The van der Waals surface area contributed by atoms with Crippen LogP contribution in [-0.4, -0.2) is 39.8 Å². The molecule has 1 aromatic rings. The molecule has 5 nitrogen and oxygen atoms in total. The highest BCUT2D eigenvalue weighted by Crippen LogP contribution is 2.78. The second-order valence-electron chi connectivity index (χ2n) is 7.64. The number of phenols is 1. The largest absolute Gasteiger partial charge is 0.504 e. The van der Waals surface area contributed by atoms with Crippen LogP contribution in [0.4, 0.5) is 0 Å². The molecule has 1 aromatic carbocycles. The van der Waals surface area contributed by atoms with Crippen LogP contribution in [0.1, 0.15) is 24.0 Å². The normalized spacial score (nSPS) is 52.1. The number of ketones is 1. The number of nitrogens with one attached hydrogen (secondary N) is 1. The maximum atomic E-state index is 12.6. The van der Waals surface area contributed by atoms with Crippen molar-refractivity contribution in [2.75, 3.05) is 0 Å². The van der Waals surface area contributed by atoms with Crippen molar-refractivity contribution in [2.24, 2.45) is 11.8 Å². The molecule has 0 radical (unpaired) electrons. The Hall–Kier alpha value is -1.59. The summed E-state index contributed by atoms with van der Waals surface area (Å²) in [6.07, 6.45) is 0.189. The monoisotopic (exact) mass is 299 g/mol. The summed E-state index contributed by atoms with van der Waals surface area (Å²) >= 11 is 0. The SMILES string of the molecule is Cc1ccc(O)c2c1[C@]13[C@H]4C5NC(C54)[C@]1(O)CCC(=O)[C@@H]3O2. The highest BCUT2D eigenvalue weighted by atomic mass is 16.5. The molecule has 1 spiro atoms. The zero-order chi connectivity index (χ0) is 15.0. The van der Waals surface area contributed by atoms with Crippen LogP contribution in [0.3, 0.4) is 0 Å². The summed E-state index contributed by atoms with van der Waals surface area (Å²) in [6.45, 7) is 1.98. The number of hydrogen-bond acceptors (Lipinski definition) is 5. The van der Waals surface area contributed by atoms with Gasteiger partial charge in [0.2, 0.25) is 0 Å². The summed E-state index contributed by atoms with van der Waals surface area (Å²) in [5.41, 5.74) is 0.274. The zero-order valence-corrected chi connectivity index (χ0v) is 12.2. The quantitative estimate of drug-likeness (QED) is 0.646. The van der Waals surface area contributed by atoms with Gasteiger partial charge in [0.15, 0.2) is 23.4 Å². The van der Waals surface area contributed by atoms with Gasteiger partial charge in [-0.2, -0.15) is 0 Å². The number of piperidine rings is 1. The Labute approximate surface area is 127 Å². The summed E-state index contributed by atoms with van der Waals surface area (Å²) < 4.78 is 5.98. The summed E-state index contributed by atoms with van der Waals surface area (Å²) in [4.78, 5) is 12.6. The van der Waals surface area contributed by atoms with Gasteiger partial charge in [0.05, 0.1) is 11.0 Å². The van der Waals surface area contributed by atoms with E-state index in [1.807, 2.05) is 13.0 Å². The first kappa shape index (κ1) is 11.9. The summed E-state index contributed by atoms with van der Waals surface area (Å²) in [5, 5.41) is 25.3. The fourth-order valence-corrected chi connectivity index (χ4v) is 6.31. The summed E-state index contributed by atoms with van der Waals surface area (Å²) in [6, 6.07) is 3.94. The number of ether oxygens (including phenoxy) is 1. The van der Waals surface area contributed by atoms with E-state index < -0.39 is 17.1 Å². The van der Waals surface area contributed by atoms with Gasteiger partial charge in [-0.05, 0) is 36.8 Å². The molecule has 2 heterocycles. The molecule has 3 N–H and O–H groups in total. The van der Waals surface area contributed by atoms with Crippen LogP contribution in [0, 0.1) is 18.8 Å². The number of fused-ring (bicyclic) bond motifs is 3. The standard InChI is InChI=1S/C17H17NO4/c1-6-2-3-7(19)13-10(6)17-11-9-12(11)18-14(9)16(17,21)5-4-8(20)15(17)22-13/h2-3,9,11-12,14-15,18-19,21H,4-5H2,1H3/t9?,11-,12?,14?,15+,16-,17-/m1/s1. The molecule has 1 saturated heterocycles. The van der Waals surface area contributed by atoms with Gasteiger partial charge in [0, 0.05) is 24.1 Å². The molecule has 5 heteroatoms. The van der Waals surface area contributed by atoms with E-state index in [0.29, 0.717) is 30.6 Å². The molecule has 114 valence electrons. The van der Waals surface area contributed by atoms with Gasteiger partial charge in [0.1, 0.15) is 0 Å².